The average Bonchev–Trinajstić information content (AvgIpc) is 2.91. The predicted octanol–water partition coefficient (Wildman–Crippen LogP) is 3.81. The van der Waals surface area contributed by atoms with Gasteiger partial charge in [-0.1, -0.05) is 13.0 Å². The zero-order valence-electron chi connectivity index (χ0n) is 14.2. The molecule has 1 aromatic carbocycles. The summed E-state index contributed by atoms with van der Waals surface area (Å²) >= 11 is 4.71. The molecule has 0 bridgehead atoms. The van der Waals surface area contributed by atoms with E-state index in [-0.39, 0.29) is 25.0 Å². The number of aliphatic hydroxyl groups excluding tert-OH is 1. The molecule has 0 radical (unpaired) electrons. The highest BCUT2D eigenvalue weighted by Gasteiger charge is 2.24. The third-order valence-electron chi connectivity index (χ3n) is 3.36. The number of thiophene rings is 1. The van der Waals surface area contributed by atoms with Crippen molar-refractivity contribution in [1.82, 2.24) is 0 Å². The average molecular weight is 430 g/mol. The minimum atomic E-state index is -0.491. The summed E-state index contributed by atoms with van der Waals surface area (Å²) < 4.78 is 12.4. The van der Waals surface area contributed by atoms with Crippen molar-refractivity contribution in [2.45, 2.75) is 20.8 Å². The van der Waals surface area contributed by atoms with E-state index in [9.17, 15) is 14.7 Å². The summed E-state index contributed by atoms with van der Waals surface area (Å²) in [5.74, 6) is -0.214. The smallest absolute Gasteiger partial charge is 0.341 e. The van der Waals surface area contributed by atoms with Gasteiger partial charge in [-0.05, 0) is 28.9 Å². The number of fused-ring (bicyclic) bond motifs is 1. The van der Waals surface area contributed by atoms with Gasteiger partial charge in [-0.25, -0.2) is 4.79 Å². The highest BCUT2D eigenvalue weighted by atomic mass is 79.9. The lowest BCUT2D eigenvalue weighted by Crippen LogP contribution is -2.12. The number of hydrogen-bond acceptors (Lipinski definition) is 6. The van der Waals surface area contributed by atoms with Crippen LogP contribution in [0.2, 0.25) is 0 Å². The molecule has 0 fully saturated rings. The van der Waals surface area contributed by atoms with Gasteiger partial charge in [0.05, 0.1) is 22.4 Å². The number of nitrogens with one attached hydrogen (secondary N) is 1. The summed E-state index contributed by atoms with van der Waals surface area (Å²) in [6.07, 6.45) is 0. The number of benzene rings is 1. The molecule has 2 rings (SSSR count). The third kappa shape index (κ3) is 4.50. The molecule has 1 amide bonds. The first kappa shape index (κ1) is 19.7. The quantitative estimate of drug-likeness (QED) is 0.653. The normalized spacial score (nSPS) is 12.0. The van der Waals surface area contributed by atoms with E-state index < -0.39 is 5.97 Å². The van der Waals surface area contributed by atoms with E-state index in [0.29, 0.717) is 28.3 Å². The highest BCUT2D eigenvalue weighted by molar-refractivity contribution is 9.10. The summed E-state index contributed by atoms with van der Waals surface area (Å²) in [6, 6.07) is 3.57. The lowest BCUT2D eigenvalue weighted by atomic mass is 10.1. The van der Waals surface area contributed by atoms with Crippen molar-refractivity contribution < 1.29 is 24.2 Å². The molecule has 2 N–H and O–H groups in total. The zero-order chi connectivity index (χ0) is 18.6. The monoisotopic (exact) mass is 429 g/mol. The summed E-state index contributed by atoms with van der Waals surface area (Å²) in [5.41, 5.74) is 0.324. The van der Waals surface area contributed by atoms with Crippen molar-refractivity contribution in [3.8, 4) is 5.75 Å². The van der Waals surface area contributed by atoms with Gasteiger partial charge in [-0.2, -0.15) is 0 Å². The van der Waals surface area contributed by atoms with E-state index in [1.165, 1.54) is 18.3 Å². The van der Waals surface area contributed by atoms with Crippen molar-refractivity contribution >= 4 is 54.2 Å². The Morgan fingerprint density at radius 1 is 1.40 bits per heavy atom. The van der Waals surface area contributed by atoms with E-state index in [4.69, 9.17) is 9.47 Å². The van der Waals surface area contributed by atoms with E-state index in [0.717, 1.165) is 9.17 Å². The van der Waals surface area contributed by atoms with Crippen molar-refractivity contribution in [2.24, 2.45) is 5.92 Å². The second kappa shape index (κ2) is 8.64. The van der Waals surface area contributed by atoms with Gasteiger partial charge in [0, 0.05) is 24.8 Å². The molecule has 136 valence electrons. The van der Waals surface area contributed by atoms with Crippen LogP contribution in [0.4, 0.5) is 5.00 Å². The van der Waals surface area contributed by atoms with E-state index in [2.05, 4.69) is 21.2 Å². The van der Waals surface area contributed by atoms with Crippen molar-refractivity contribution in [3.05, 3.63) is 22.2 Å². The fourth-order valence-corrected chi connectivity index (χ4v) is 3.99. The highest BCUT2D eigenvalue weighted by Crippen LogP contribution is 2.44. The van der Waals surface area contributed by atoms with E-state index >= 15 is 0 Å². The number of anilines is 1. The Hall–Kier alpha value is -1.64. The SMILES string of the molecule is CCOC(=O)c1c(NC(C)=O)sc2c(OC[C@H](C)CO)c(Br)ccc12. The van der Waals surface area contributed by atoms with Crippen LogP contribution in [0.1, 0.15) is 31.1 Å². The van der Waals surface area contributed by atoms with Gasteiger partial charge in [0.25, 0.3) is 0 Å². The molecule has 0 aliphatic rings. The number of esters is 1. The summed E-state index contributed by atoms with van der Waals surface area (Å²) in [4.78, 5) is 23.9. The van der Waals surface area contributed by atoms with Gasteiger partial charge in [0.15, 0.2) is 5.75 Å². The predicted molar refractivity (Wildman–Crippen MR) is 102 cm³/mol. The summed E-state index contributed by atoms with van der Waals surface area (Å²) in [5, 5.41) is 13.0. The minimum absolute atomic E-state index is 0.0171. The van der Waals surface area contributed by atoms with Gasteiger partial charge in [-0.15, -0.1) is 11.3 Å². The van der Waals surface area contributed by atoms with Crippen LogP contribution in [0.5, 0.6) is 5.75 Å². The second-order valence-electron chi connectivity index (χ2n) is 5.56. The van der Waals surface area contributed by atoms with Crippen LogP contribution in [0, 0.1) is 5.92 Å². The molecular formula is C17H20BrNO5S. The van der Waals surface area contributed by atoms with Crippen molar-refractivity contribution in [2.75, 3.05) is 25.1 Å². The molecule has 0 unspecified atom stereocenters. The number of aliphatic hydroxyl groups is 1. The molecule has 1 atom stereocenters. The van der Waals surface area contributed by atoms with E-state index in [1.807, 2.05) is 6.92 Å². The second-order valence-corrected chi connectivity index (χ2v) is 7.43. The molecular weight excluding hydrogens is 410 g/mol. The van der Waals surface area contributed by atoms with Gasteiger partial charge in [0.1, 0.15) is 10.6 Å². The Balaban J connectivity index is 2.57. The third-order valence-corrected chi connectivity index (χ3v) is 5.10. The molecule has 0 saturated heterocycles. The first-order chi connectivity index (χ1) is 11.9. The molecule has 0 aliphatic carbocycles. The topological polar surface area (TPSA) is 84.9 Å². The number of amides is 1. The molecule has 25 heavy (non-hydrogen) atoms. The Labute approximate surface area is 158 Å². The molecule has 8 heteroatoms. The van der Waals surface area contributed by atoms with Gasteiger partial charge < -0.3 is 19.9 Å². The standard InChI is InChI=1S/C17H20BrNO5S/c1-4-23-17(22)13-11-5-6-12(18)14(24-8-9(2)7-20)15(11)25-16(13)19-10(3)21/h5-6,9,20H,4,7-8H2,1-3H3,(H,19,21)/t9-/m1/s1. The van der Waals surface area contributed by atoms with Crippen LogP contribution in [0.25, 0.3) is 10.1 Å². The Kier molecular flexibility index (Phi) is 6.80. The maximum absolute atomic E-state index is 12.4. The molecule has 6 nitrogen and oxygen atoms in total. The van der Waals surface area contributed by atoms with Crippen LogP contribution in [-0.2, 0) is 9.53 Å². The summed E-state index contributed by atoms with van der Waals surface area (Å²) in [6.45, 7) is 5.57. The number of ether oxygens (including phenoxy) is 2. The van der Waals surface area contributed by atoms with Gasteiger partial charge in [0.2, 0.25) is 5.91 Å². The van der Waals surface area contributed by atoms with Crippen molar-refractivity contribution in [1.29, 1.82) is 0 Å². The number of rotatable bonds is 7. The maximum atomic E-state index is 12.4. The molecule has 2 aromatic rings. The van der Waals surface area contributed by atoms with Crippen LogP contribution >= 0.6 is 27.3 Å². The van der Waals surface area contributed by atoms with Crippen molar-refractivity contribution in [3.63, 3.8) is 0 Å². The lowest BCUT2D eigenvalue weighted by molar-refractivity contribution is -0.114. The number of halogens is 1. The first-order valence-corrected chi connectivity index (χ1v) is 9.43. The van der Waals surface area contributed by atoms with Gasteiger partial charge in [-0.3, -0.25) is 4.79 Å². The largest absolute Gasteiger partial charge is 0.491 e. The molecule has 1 heterocycles. The minimum Gasteiger partial charge on any atom is -0.491 e. The molecule has 0 saturated carbocycles. The number of hydrogen-bond donors (Lipinski definition) is 2. The Morgan fingerprint density at radius 2 is 2.12 bits per heavy atom. The molecule has 0 spiro atoms. The Morgan fingerprint density at radius 3 is 2.72 bits per heavy atom. The van der Waals surface area contributed by atoms with Crippen LogP contribution in [-0.4, -0.2) is 36.8 Å². The number of carbonyl (C=O) groups excluding carboxylic acids is 2. The van der Waals surface area contributed by atoms with Crippen LogP contribution < -0.4 is 10.1 Å². The fraction of sp³-hybridized carbons (Fsp3) is 0.412. The lowest BCUT2D eigenvalue weighted by Gasteiger charge is -2.12. The summed E-state index contributed by atoms with van der Waals surface area (Å²) in [7, 11) is 0. The van der Waals surface area contributed by atoms with Gasteiger partial charge >= 0.3 is 5.97 Å². The Bertz CT molecular complexity index is 789. The van der Waals surface area contributed by atoms with E-state index in [1.54, 1.807) is 19.1 Å². The zero-order valence-corrected chi connectivity index (χ0v) is 16.6. The number of carbonyl (C=O) groups is 2. The maximum Gasteiger partial charge on any atom is 0.341 e. The van der Waals surface area contributed by atoms with Crippen LogP contribution in [0.15, 0.2) is 16.6 Å². The molecule has 0 aliphatic heterocycles. The van der Waals surface area contributed by atoms with Crippen LogP contribution in [0.3, 0.4) is 0 Å². The molecule has 1 aromatic heterocycles. The first-order valence-electron chi connectivity index (χ1n) is 7.82. The fourth-order valence-electron chi connectivity index (χ4n) is 2.18.